The molecular weight excluding hydrogens is 458 g/mol. The smallest absolute Gasteiger partial charge is 0.134 e. The Morgan fingerprint density at radius 2 is 1.71 bits per heavy atom. The number of fused-ring (bicyclic) bond motifs is 1. The fourth-order valence-corrected chi connectivity index (χ4v) is 4.71. The first kappa shape index (κ1) is 20.5. The number of rotatable bonds is 3. The first-order valence-electron chi connectivity index (χ1n) is 9.66. The van der Waals surface area contributed by atoms with Crippen LogP contribution in [0.5, 0.6) is 0 Å². The molecule has 4 nitrogen and oxygen atoms in total. The van der Waals surface area contributed by atoms with Crippen molar-refractivity contribution >= 4 is 34.8 Å². The first-order chi connectivity index (χ1) is 15.0. The maximum Gasteiger partial charge on any atom is 0.134 e. The van der Waals surface area contributed by atoms with Gasteiger partial charge in [0.05, 0.1) is 11.7 Å². The van der Waals surface area contributed by atoms with E-state index in [1.807, 2.05) is 28.9 Å². The van der Waals surface area contributed by atoms with Gasteiger partial charge in [0.2, 0.25) is 0 Å². The quantitative estimate of drug-likeness (QED) is 0.374. The Kier molecular flexibility index (Phi) is 5.44. The lowest BCUT2D eigenvalue weighted by molar-refractivity contribution is 0.415. The fourth-order valence-electron chi connectivity index (χ4n) is 4.02. The Morgan fingerprint density at radius 3 is 2.45 bits per heavy atom. The minimum absolute atomic E-state index is 0.168. The van der Waals surface area contributed by atoms with Crippen molar-refractivity contribution in [1.82, 2.24) is 20.1 Å². The number of benzene rings is 2. The van der Waals surface area contributed by atoms with E-state index < -0.39 is 5.82 Å². The Balaban J connectivity index is 1.76. The van der Waals surface area contributed by atoms with E-state index in [1.54, 1.807) is 30.6 Å². The summed E-state index contributed by atoms with van der Waals surface area (Å²) in [6, 6.07) is 13.7. The van der Waals surface area contributed by atoms with Crippen LogP contribution >= 0.6 is 34.8 Å². The van der Waals surface area contributed by atoms with Gasteiger partial charge in [-0.2, -0.15) is 5.10 Å². The van der Waals surface area contributed by atoms with Crippen LogP contribution in [0.25, 0.3) is 22.4 Å². The molecule has 5 rings (SSSR count). The van der Waals surface area contributed by atoms with Crippen LogP contribution in [0.2, 0.25) is 15.1 Å². The van der Waals surface area contributed by atoms with Gasteiger partial charge in [0.25, 0.3) is 0 Å². The third-order valence-corrected chi connectivity index (χ3v) is 6.21. The van der Waals surface area contributed by atoms with Gasteiger partial charge in [0.15, 0.2) is 0 Å². The van der Waals surface area contributed by atoms with Crippen molar-refractivity contribution < 1.29 is 4.39 Å². The van der Waals surface area contributed by atoms with Crippen molar-refractivity contribution in [3.8, 4) is 22.4 Å². The molecule has 4 aromatic rings. The molecule has 8 heteroatoms. The van der Waals surface area contributed by atoms with E-state index in [2.05, 4.69) is 10.3 Å². The summed E-state index contributed by atoms with van der Waals surface area (Å²) < 4.78 is 16.9. The fraction of sp³-hybridized carbons (Fsp3) is 0.130. The Morgan fingerprint density at radius 1 is 0.968 bits per heavy atom. The second-order valence-corrected chi connectivity index (χ2v) is 8.57. The summed E-state index contributed by atoms with van der Waals surface area (Å²) in [5.41, 5.74) is 4.54. The molecule has 3 heterocycles. The molecule has 0 bridgehead atoms. The first-order valence-corrected chi connectivity index (χ1v) is 10.8. The summed E-state index contributed by atoms with van der Waals surface area (Å²) in [4.78, 5) is 4.12. The zero-order chi connectivity index (χ0) is 21.5. The van der Waals surface area contributed by atoms with Gasteiger partial charge in [-0.15, -0.1) is 0 Å². The molecule has 2 aromatic heterocycles. The predicted octanol–water partition coefficient (Wildman–Crippen LogP) is 6.40. The van der Waals surface area contributed by atoms with Gasteiger partial charge in [-0.05, 0) is 53.6 Å². The monoisotopic (exact) mass is 472 g/mol. The van der Waals surface area contributed by atoms with Crippen molar-refractivity contribution in [3.63, 3.8) is 0 Å². The SMILES string of the molecule is Fc1cc(Cl)ccc1-c1nn2c(c1-c1ccncc1)CNCC2c1ccc(Cl)cc1Cl. The van der Waals surface area contributed by atoms with E-state index >= 15 is 0 Å². The van der Waals surface area contributed by atoms with Crippen LogP contribution in [0.3, 0.4) is 0 Å². The molecule has 1 aliphatic rings. The van der Waals surface area contributed by atoms with Crippen molar-refractivity contribution in [2.75, 3.05) is 6.54 Å². The highest BCUT2D eigenvalue weighted by molar-refractivity contribution is 6.35. The van der Waals surface area contributed by atoms with Crippen LogP contribution < -0.4 is 5.32 Å². The van der Waals surface area contributed by atoms with Gasteiger partial charge in [0.1, 0.15) is 11.5 Å². The van der Waals surface area contributed by atoms with Crippen LogP contribution in [-0.2, 0) is 6.54 Å². The second-order valence-electron chi connectivity index (χ2n) is 7.29. The summed E-state index contributed by atoms with van der Waals surface area (Å²) >= 11 is 18.6. The topological polar surface area (TPSA) is 42.7 Å². The van der Waals surface area contributed by atoms with E-state index in [0.29, 0.717) is 39.4 Å². The van der Waals surface area contributed by atoms with Gasteiger partial charge in [-0.3, -0.25) is 9.67 Å². The number of halogens is 4. The van der Waals surface area contributed by atoms with Crippen LogP contribution in [0.1, 0.15) is 17.3 Å². The van der Waals surface area contributed by atoms with Gasteiger partial charge >= 0.3 is 0 Å². The largest absolute Gasteiger partial charge is 0.309 e. The molecule has 0 saturated heterocycles. The number of pyridine rings is 1. The molecule has 31 heavy (non-hydrogen) atoms. The molecule has 0 spiro atoms. The molecule has 1 N–H and O–H groups in total. The minimum atomic E-state index is -0.424. The molecular formula is C23H16Cl3FN4. The standard InChI is InChI=1S/C23H16Cl3FN4/c24-14-1-3-16(18(26)9-14)20-11-29-12-21-22(13-5-7-28-8-6-13)23(30-31(20)21)17-4-2-15(25)10-19(17)27/h1-10,20,29H,11-12H2. The lowest BCUT2D eigenvalue weighted by Crippen LogP contribution is -2.34. The maximum absolute atomic E-state index is 14.9. The normalized spacial score (nSPS) is 15.7. The van der Waals surface area contributed by atoms with E-state index in [9.17, 15) is 4.39 Å². The summed E-state index contributed by atoms with van der Waals surface area (Å²) in [7, 11) is 0. The third kappa shape index (κ3) is 3.72. The summed E-state index contributed by atoms with van der Waals surface area (Å²) in [6.07, 6.45) is 3.43. The van der Waals surface area contributed by atoms with Crippen LogP contribution in [0.15, 0.2) is 60.9 Å². The third-order valence-electron chi connectivity index (χ3n) is 5.41. The molecule has 1 atom stereocenters. The minimum Gasteiger partial charge on any atom is -0.309 e. The van der Waals surface area contributed by atoms with Gasteiger partial charge in [-0.25, -0.2) is 4.39 Å². The van der Waals surface area contributed by atoms with E-state index in [0.717, 1.165) is 22.4 Å². The highest BCUT2D eigenvalue weighted by Gasteiger charge is 2.30. The average molecular weight is 474 g/mol. The van der Waals surface area contributed by atoms with Crippen molar-refractivity contribution in [1.29, 1.82) is 0 Å². The van der Waals surface area contributed by atoms with Crippen molar-refractivity contribution in [3.05, 3.63) is 93.1 Å². The molecule has 0 saturated carbocycles. The Hall–Kier alpha value is -2.44. The van der Waals surface area contributed by atoms with Gasteiger partial charge < -0.3 is 5.32 Å². The van der Waals surface area contributed by atoms with Gasteiger partial charge in [0, 0.05) is 51.7 Å². The predicted molar refractivity (Wildman–Crippen MR) is 122 cm³/mol. The number of nitrogens with zero attached hydrogens (tertiary/aromatic N) is 3. The van der Waals surface area contributed by atoms with Crippen LogP contribution in [0, 0.1) is 5.82 Å². The molecule has 0 amide bonds. The van der Waals surface area contributed by atoms with Gasteiger partial charge in [-0.1, -0.05) is 40.9 Å². The summed E-state index contributed by atoms with van der Waals surface area (Å²) in [6.45, 7) is 1.22. The van der Waals surface area contributed by atoms with Crippen LogP contribution in [-0.4, -0.2) is 21.3 Å². The molecule has 0 radical (unpaired) electrons. The average Bonchev–Trinajstić information content (AvgIpc) is 3.14. The maximum atomic E-state index is 14.9. The Bertz CT molecular complexity index is 1270. The highest BCUT2D eigenvalue weighted by Crippen LogP contribution is 2.40. The number of hydrogen-bond donors (Lipinski definition) is 1. The molecule has 0 aliphatic carbocycles. The molecule has 1 aliphatic heterocycles. The number of hydrogen-bond acceptors (Lipinski definition) is 3. The van der Waals surface area contributed by atoms with Crippen molar-refractivity contribution in [2.45, 2.75) is 12.6 Å². The van der Waals surface area contributed by atoms with E-state index in [-0.39, 0.29) is 6.04 Å². The van der Waals surface area contributed by atoms with E-state index in [4.69, 9.17) is 39.9 Å². The molecule has 156 valence electrons. The lowest BCUT2D eigenvalue weighted by Gasteiger charge is -2.27. The summed E-state index contributed by atoms with van der Waals surface area (Å²) in [5, 5.41) is 9.81. The zero-order valence-corrected chi connectivity index (χ0v) is 18.4. The van der Waals surface area contributed by atoms with E-state index in [1.165, 1.54) is 6.07 Å². The number of nitrogens with one attached hydrogen (secondary N) is 1. The molecule has 0 fully saturated rings. The van der Waals surface area contributed by atoms with Crippen molar-refractivity contribution in [2.24, 2.45) is 0 Å². The second kappa shape index (κ2) is 8.24. The van der Waals surface area contributed by atoms with Crippen LogP contribution in [0.4, 0.5) is 4.39 Å². The summed E-state index contributed by atoms with van der Waals surface area (Å²) in [5.74, 6) is -0.424. The highest BCUT2D eigenvalue weighted by atomic mass is 35.5. The lowest BCUT2D eigenvalue weighted by atomic mass is 9.97. The molecule has 2 aromatic carbocycles. The Labute approximate surface area is 193 Å². The number of aromatic nitrogens is 3. The molecule has 1 unspecified atom stereocenters. The zero-order valence-electron chi connectivity index (χ0n) is 16.1.